The number of nitrogens with one attached hydrogen (secondary N) is 1. The van der Waals surface area contributed by atoms with E-state index in [1.807, 2.05) is 57.2 Å². The molecule has 0 spiro atoms. The molecule has 1 amide bonds. The van der Waals surface area contributed by atoms with Gasteiger partial charge in [0.1, 0.15) is 11.6 Å². The molecule has 1 fully saturated rings. The third-order valence-corrected chi connectivity index (χ3v) is 4.42. The number of carbonyl (C=O) groups excluding carboxylic acids is 1. The third kappa shape index (κ3) is 5.33. The van der Waals surface area contributed by atoms with E-state index in [9.17, 15) is 4.79 Å². The third-order valence-electron chi connectivity index (χ3n) is 4.42. The van der Waals surface area contributed by atoms with Gasteiger partial charge in [-0.15, -0.1) is 0 Å². The molecule has 5 heteroatoms. The van der Waals surface area contributed by atoms with Crippen molar-refractivity contribution in [2.24, 2.45) is 0 Å². The van der Waals surface area contributed by atoms with Crippen molar-refractivity contribution < 1.29 is 9.53 Å². The average molecular weight is 365 g/mol. The molecule has 1 aromatic carbocycles. The first kappa shape index (κ1) is 19.0. The summed E-state index contributed by atoms with van der Waals surface area (Å²) in [5, 5.41) is 2.91. The lowest BCUT2D eigenvalue weighted by atomic mass is 10.2. The zero-order valence-corrected chi connectivity index (χ0v) is 16.2. The van der Waals surface area contributed by atoms with Crippen LogP contribution in [0.1, 0.15) is 37.9 Å². The summed E-state index contributed by atoms with van der Waals surface area (Å²) in [6, 6.07) is 11.6. The Morgan fingerprint density at radius 1 is 1.22 bits per heavy atom. The number of hydrogen-bond donors (Lipinski definition) is 1. The number of anilines is 2. The van der Waals surface area contributed by atoms with E-state index in [0.717, 1.165) is 41.6 Å². The van der Waals surface area contributed by atoms with Crippen molar-refractivity contribution in [1.29, 1.82) is 0 Å². The second-order valence-electron chi connectivity index (χ2n) is 7.06. The Hall–Kier alpha value is -2.82. The first-order valence-electron chi connectivity index (χ1n) is 9.49. The topological polar surface area (TPSA) is 54.5 Å². The fourth-order valence-electron chi connectivity index (χ4n) is 3.11. The van der Waals surface area contributed by atoms with Crippen molar-refractivity contribution in [3.8, 4) is 5.75 Å². The predicted molar refractivity (Wildman–Crippen MR) is 110 cm³/mol. The summed E-state index contributed by atoms with van der Waals surface area (Å²) in [5.74, 6) is 1.61. The maximum atomic E-state index is 12.3. The van der Waals surface area contributed by atoms with Crippen LogP contribution in [-0.4, -0.2) is 30.1 Å². The largest absolute Gasteiger partial charge is 0.491 e. The molecule has 142 valence electrons. The molecule has 0 unspecified atom stereocenters. The molecular formula is C22H27N3O2. The van der Waals surface area contributed by atoms with Gasteiger partial charge < -0.3 is 15.0 Å². The molecule has 27 heavy (non-hydrogen) atoms. The zero-order valence-electron chi connectivity index (χ0n) is 16.2. The number of hydrogen-bond acceptors (Lipinski definition) is 4. The molecule has 0 atom stereocenters. The molecule has 1 aromatic heterocycles. The number of benzene rings is 1. The van der Waals surface area contributed by atoms with E-state index in [4.69, 9.17) is 4.74 Å². The Morgan fingerprint density at radius 2 is 2.00 bits per heavy atom. The molecule has 5 nitrogen and oxygen atoms in total. The minimum absolute atomic E-state index is 0.117. The lowest BCUT2D eigenvalue weighted by Crippen LogP contribution is -2.19. The van der Waals surface area contributed by atoms with Crippen LogP contribution in [0.5, 0.6) is 5.75 Å². The summed E-state index contributed by atoms with van der Waals surface area (Å²) >= 11 is 0. The molecule has 2 aromatic rings. The number of nitrogens with zero attached hydrogens (tertiary/aromatic N) is 2. The summed E-state index contributed by atoms with van der Waals surface area (Å²) in [6.45, 7) is 8.01. The Balaban J connectivity index is 1.62. The van der Waals surface area contributed by atoms with Crippen molar-refractivity contribution in [3.05, 3.63) is 53.7 Å². The number of aromatic nitrogens is 1. The molecule has 0 bridgehead atoms. The SMILES string of the molecule is Cc1nc(N2CCCC2)ccc1NC(=O)/C=C/c1cccc(OC(C)C)c1. The summed E-state index contributed by atoms with van der Waals surface area (Å²) in [5.41, 5.74) is 2.49. The van der Waals surface area contributed by atoms with Crippen LogP contribution >= 0.6 is 0 Å². The average Bonchev–Trinajstić information content (AvgIpc) is 3.16. The maximum absolute atomic E-state index is 12.3. The molecule has 0 aliphatic carbocycles. The van der Waals surface area contributed by atoms with E-state index in [2.05, 4.69) is 15.2 Å². The quantitative estimate of drug-likeness (QED) is 0.770. The van der Waals surface area contributed by atoms with Crippen LogP contribution in [0, 0.1) is 6.92 Å². The van der Waals surface area contributed by atoms with E-state index in [-0.39, 0.29) is 12.0 Å². The van der Waals surface area contributed by atoms with Crippen LogP contribution in [0.2, 0.25) is 0 Å². The van der Waals surface area contributed by atoms with E-state index in [1.165, 1.54) is 18.9 Å². The van der Waals surface area contributed by atoms with Crippen molar-refractivity contribution in [1.82, 2.24) is 4.98 Å². The van der Waals surface area contributed by atoms with Gasteiger partial charge in [-0.25, -0.2) is 4.98 Å². The van der Waals surface area contributed by atoms with Gasteiger partial charge in [0.05, 0.1) is 17.5 Å². The molecule has 3 rings (SSSR count). The second-order valence-corrected chi connectivity index (χ2v) is 7.06. The van der Waals surface area contributed by atoms with E-state index in [0.29, 0.717) is 0 Å². The summed E-state index contributed by atoms with van der Waals surface area (Å²) < 4.78 is 5.68. The van der Waals surface area contributed by atoms with Crippen LogP contribution in [-0.2, 0) is 4.79 Å². The van der Waals surface area contributed by atoms with Crippen LogP contribution in [0.15, 0.2) is 42.5 Å². The van der Waals surface area contributed by atoms with E-state index >= 15 is 0 Å². The van der Waals surface area contributed by atoms with Crippen molar-refractivity contribution in [3.63, 3.8) is 0 Å². The Labute approximate surface area is 161 Å². The zero-order chi connectivity index (χ0) is 19.2. The van der Waals surface area contributed by atoms with Crippen molar-refractivity contribution in [2.45, 2.75) is 39.7 Å². The Kier molecular flexibility index (Phi) is 6.12. The fraction of sp³-hybridized carbons (Fsp3) is 0.364. The molecular weight excluding hydrogens is 338 g/mol. The standard InChI is InChI=1S/C22H27N3O2/c1-16(2)27-19-8-6-7-18(15-19)9-12-22(26)24-20-10-11-21(23-17(20)3)25-13-4-5-14-25/h6-12,15-16H,4-5,13-14H2,1-3H3,(H,24,26)/b12-9+. The van der Waals surface area contributed by atoms with Crippen LogP contribution < -0.4 is 15.0 Å². The minimum atomic E-state index is -0.177. The van der Waals surface area contributed by atoms with Crippen LogP contribution in [0.4, 0.5) is 11.5 Å². The number of rotatable bonds is 6. The highest BCUT2D eigenvalue weighted by Gasteiger charge is 2.14. The molecule has 0 radical (unpaired) electrons. The van der Waals surface area contributed by atoms with Crippen molar-refractivity contribution >= 4 is 23.5 Å². The fourth-order valence-corrected chi connectivity index (χ4v) is 3.11. The Morgan fingerprint density at radius 3 is 2.70 bits per heavy atom. The first-order valence-corrected chi connectivity index (χ1v) is 9.49. The number of carbonyl (C=O) groups is 1. The highest BCUT2D eigenvalue weighted by atomic mass is 16.5. The van der Waals surface area contributed by atoms with Gasteiger partial charge in [0.25, 0.3) is 0 Å². The summed E-state index contributed by atoms with van der Waals surface area (Å²) in [6.07, 6.45) is 5.86. The maximum Gasteiger partial charge on any atom is 0.248 e. The number of ether oxygens (including phenoxy) is 1. The summed E-state index contributed by atoms with van der Waals surface area (Å²) in [4.78, 5) is 19.2. The lowest BCUT2D eigenvalue weighted by molar-refractivity contribution is -0.111. The van der Waals surface area contributed by atoms with Gasteiger partial charge >= 0.3 is 0 Å². The highest BCUT2D eigenvalue weighted by Crippen LogP contribution is 2.22. The Bertz CT molecular complexity index is 824. The van der Waals surface area contributed by atoms with Crippen LogP contribution in [0.25, 0.3) is 6.08 Å². The van der Waals surface area contributed by atoms with Gasteiger partial charge in [0, 0.05) is 19.2 Å². The van der Waals surface area contributed by atoms with Crippen LogP contribution in [0.3, 0.4) is 0 Å². The van der Waals surface area contributed by atoms with Gasteiger partial charge in [0.15, 0.2) is 0 Å². The van der Waals surface area contributed by atoms with Gasteiger partial charge in [-0.05, 0) is 69.5 Å². The lowest BCUT2D eigenvalue weighted by Gasteiger charge is -2.17. The van der Waals surface area contributed by atoms with Gasteiger partial charge in [0.2, 0.25) is 5.91 Å². The van der Waals surface area contributed by atoms with Gasteiger partial charge in [-0.3, -0.25) is 4.79 Å². The van der Waals surface area contributed by atoms with Gasteiger partial charge in [-0.1, -0.05) is 12.1 Å². The summed E-state index contributed by atoms with van der Waals surface area (Å²) in [7, 11) is 0. The van der Waals surface area contributed by atoms with Crippen molar-refractivity contribution in [2.75, 3.05) is 23.3 Å². The first-order chi connectivity index (χ1) is 13.0. The normalized spacial score (nSPS) is 14.1. The smallest absolute Gasteiger partial charge is 0.248 e. The minimum Gasteiger partial charge on any atom is -0.491 e. The number of amides is 1. The van der Waals surface area contributed by atoms with Gasteiger partial charge in [-0.2, -0.15) is 0 Å². The second kappa shape index (κ2) is 8.71. The predicted octanol–water partition coefficient (Wildman–Crippen LogP) is 4.43. The molecule has 1 aliphatic heterocycles. The monoisotopic (exact) mass is 365 g/mol. The molecule has 1 saturated heterocycles. The molecule has 2 heterocycles. The highest BCUT2D eigenvalue weighted by molar-refractivity contribution is 6.02. The molecule has 1 N–H and O–H groups in total. The van der Waals surface area contributed by atoms with E-state index in [1.54, 1.807) is 6.08 Å². The number of aryl methyl sites for hydroxylation is 1. The van der Waals surface area contributed by atoms with E-state index < -0.39 is 0 Å². The molecule has 1 aliphatic rings. The number of pyridine rings is 1. The molecule has 0 saturated carbocycles.